The Morgan fingerprint density at radius 1 is 1.17 bits per heavy atom. The molecule has 0 bridgehead atoms. The number of nitrogens with zero attached hydrogens (tertiary/aromatic N) is 2. The van der Waals surface area contributed by atoms with Gasteiger partial charge < -0.3 is 19.8 Å². The predicted molar refractivity (Wildman–Crippen MR) is 111 cm³/mol. The van der Waals surface area contributed by atoms with E-state index in [0.717, 1.165) is 4.31 Å². The number of sulfonamides is 1. The summed E-state index contributed by atoms with van der Waals surface area (Å²) >= 11 is 0. The largest absolute Gasteiger partial charge is 0.508 e. The molecule has 0 spiro atoms. The second-order valence-electron chi connectivity index (χ2n) is 7.15. The van der Waals surface area contributed by atoms with E-state index in [-0.39, 0.29) is 41.4 Å². The van der Waals surface area contributed by atoms with E-state index in [4.69, 9.17) is 9.84 Å². The molecule has 0 atom stereocenters. The van der Waals surface area contributed by atoms with Gasteiger partial charge in [0.15, 0.2) is 0 Å². The number of aromatic hydroxyl groups is 1. The summed E-state index contributed by atoms with van der Waals surface area (Å²) in [5.41, 5.74) is 0.120. The number of phenolic OH excluding ortho intramolecular Hbond substituents is 1. The molecule has 0 saturated carbocycles. The number of phenols is 1. The van der Waals surface area contributed by atoms with Crippen LogP contribution in [0, 0.1) is 0 Å². The maximum atomic E-state index is 13.1. The van der Waals surface area contributed by atoms with E-state index in [2.05, 4.69) is 0 Å². The third-order valence-electron chi connectivity index (χ3n) is 5.07. The number of likely N-dealkylation sites (tertiary alicyclic amines) is 1. The standard InChI is InChI=1S/C21H26N2O6S/c1-22(13-14-24)30(27,28)20-8-3-2-7-19(20)21(26)23-11-9-17(10-12-23)29-18-6-4-5-16(25)15-18/h2-8,15,17,24-25H,9-14H2,1H3. The van der Waals surface area contributed by atoms with Gasteiger partial charge in [0.05, 0.1) is 17.1 Å². The zero-order valence-corrected chi connectivity index (χ0v) is 17.6. The average Bonchev–Trinajstić information content (AvgIpc) is 2.74. The second-order valence-corrected chi connectivity index (χ2v) is 9.17. The highest BCUT2D eigenvalue weighted by Gasteiger charge is 2.30. The molecular weight excluding hydrogens is 408 g/mol. The molecule has 30 heavy (non-hydrogen) atoms. The number of amides is 1. The molecule has 1 aliphatic heterocycles. The molecule has 1 aliphatic rings. The Labute approximate surface area is 176 Å². The lowest BCUT2D eigenvalue weighted by Crippen LogP contribution is -2.42. The van der Waals surface area contributed by atoms with Crippen molar-refractivity contribution in [3.8, 4) is 11.5 Å². The zero-order chi connectivity index (χ0) is 21.7. The molecule has 162 valence electrons. The van der Waals surface area contributed by atoms with Gasteiger partial charge in [-0.25, -0.2) is 8.42 Å². The first-order valence-corrected chi connectivity index (χ1v) is 11.2. The Morgan fingerprint density at radius 3 is 2.53 bits per heavy atom. The summed E-state index contributed by atoms with van der Waals surface area (Å²) in [6.45, 7) is 0.507. The van der Waals surface area contributed by atoms with E-state index in [1.807, 2.05) is 0 Å². The van der Waals surface area contributed by atoms with Crippen LogP contribution in [0.15, 0.2) is 53.4 Å². The van der Waals surface area contributed by atoms with E-state index < -0.39 is 10.0 Å². The summed E-state index contributed by atoms with van der Waals surface area (Å²) in [6, 6.07) is 12.7. The van der Waals surface area contributed by atoms with Gasteiger partial charge in [-0.1, -0.05) is 18.2 Å². The lowest BCUT2D eigenvalue weighted by molar-refractivity contribution is 0.0591. The molecule has 8 nitrogen and oxygen atoms in total. The van der Waals surface area contributed by atoms with Gasteiger partial charge in [-0.2, -0.15) is 4.31 Å². The molecule has 1 fully saturated rings. The normalized spacial score (nSPS) is 15.4. The molecule has 0 unspecified atom stereocenters. The maximum Gasteiger partial charge on any atom is 0.255 e. The van der Waals surface area contributed by atoms with E-state index in [1.165, 1.54) is 19.2 Å². The SMILES string of the molecule is CN(CCO)S(=O)(=O)c1ccccc1C(=O)N1CCC(Oc2cccc(O)c2)CC1. The number of carbonyl (C=O) groups excluding carboxylic acids is 1. The van der Waals surface area contributed by atoms with Crippen LogP contribution in [-0.4, -0.2) is 73.1 Å². The van der Waals surface area contributed by atoms with Crippen LogP contribution in [0.25, 0.3) is 0 Å². The highest BCUT2D eigenvalue weighted by molar-refractivity contribution is 7.89. The number of piperidine rings is 1. The Balaban J connectivity index is 1.70. The number of benzene rings is 2. The fourth-order valence-electron chi connectivity index (χ4n) is 3.39. The highest BCUT2D eigenvalue weighted by Crippen LogP contribution is 2.25. The Kier molecular flexibility index (Phi) is 6.96. The van der Waals surface area contributed by atoms with E-state index in [9.17, 15) is 18.3 Å². The summed E-state index contributed by atoms with van der Waals surface area (Å²) in [5, 5.41) is 18.6. The Morgan fingerprint density at radius 2 is 1.87 bits per heavy atom. The quantitative estimate of drug-likeness (QED) is 0.687. The summed E-state index contributed by atoms with van der Waals surface area (Å²) in [4.78, 5) is 14.6. The van der Waals surface area contributed by atoms with Crippen molar-refractivity contribution in [1.29, 1.82) is 0 Å². The summed E-state index contributed by atoms with van der Waals surface area (Å²) < 4.78 is 32.6. The van der Waals surface area contributed by atoms with Crippen molar-refractivity contribution in [1.82, 2.24) is 9.21 Å². The number of carbonyl (C=O) groups is 1. The van der Waals surface area contributed by atoms with Crippen molar-refractivity contribution in [3.63, 3.8) is 0 Å². The molecule has 0 radical (unpaired) electrons. The lowest BCUT2D eigenvalue weighted by Gasteiger charge is -2.32. The number of ether oxygens (including phenoxy) is 1. The minimum absolute atomic E-state index is 0.0529. The van der Waals surface area contributed by atoms with E-state index in [0.29, 0.717) is 31.7 Å². The van der Waals surface area contributed by atoms with Crippen LogP contribution in [0.2, 0.25) is 0 Å². The van der Waals surface area contributed by atoms with Crippen LogP contribution in [0.4, 0.5) is 0 Å². The molecule has 2 aromatic rings. The van der Waals surface area contributed by atoms with Crippen molar-refractivity contribution >= 4 is 15.9 Å². The molecule has 1 amide bonds. The summed E-state index contributed by atoms with van der Waals surface area (Å²) in [7, 11) is -2.52. The number of aliphatic hydroxyl groups excluding tert-OH is 1. The van der Waals surface area contributed by atoms with Gasteiger partial charge in [0.25, 0.3) is 5.91 Å². The van der Waals surface area contributed by atoms with Crippen LogP contribution in [0.3, 0.4) is 0 Å². The van der Waals surface area contributed by atoms with Crippen LogP contribution >= 0.6 is 0 Å². The van der Waals surface area contributed by atoms with Crippen molar-refractivity contribution in [2.45, 2.75) is 23.8 Å². The maximum absolute atomic E-state index is 13.1. The number of aliphatic hydroxyl groups is 1. The van der Waals surface area contributed by atoms with Crippen LogP contribution in [0.1, 0.15) is 23.2 Å². The minimum atomic E-state index is -3.89. The van der Waals surface area contributed by atoms with Gasteiger partial charge in [0.2, 0.25) is 10.0 Å². The smallest absolute Gasteiger partial charge is 0.255 e. The average molecular weight is 435 g/mol. The van der Waals surface area contributed by atoms with Gasteiger partial charge in [0.1, 0.15) is 17.6 Å². The number of hydrogen-bond acceptors (Lipinski definition) is 6. The topological polar surface area (TPSA) is 107 Å². The number of likely N-dealkylation sites (N-methyl/N-ethyl adjacent to an activating group) is 1. The summed E-state index contributed by atoms with van der Waals surface area (Å²) in [6.07, 6.45) is 1.10. The lowest BCUT2D eigenvalue weighted by atomic mass is 10.1. The monoisotopic (exact) mass is 434 g/mol. The highest BCUT2D eigenvalue weighted by atomic mass is 32.2. The van der Waals surface area contributed by atoms with Gasteiger partial charge in [-0.05, 0) is 24.3 Å². The van der Waals surface area contributed by atoms with Gasteiger partial charge in [-0.3, -0.25) is 4.79 Å². The van der Waals surface area contributed by atoms with Crippen LogP contribution in [-0.2, 0) is 10.0 Å². The zero-order valence-electron chi connectivity index (χ0n) is 16.8. The van der Waals surface area contributed by atoms with Crippen LogP contribution < -0.4 is 4.74 Å². The minimum Gasteiger partial charge on any atom is -0.508 e. The van der Waals surface area contributed by atoms with Gasteiger partial charge in [-0.15, -0.1) is 0 Å². The second kappa shape index (κ2) is 9.46. The first kappa shape index (κ1) is 22.1. The fourth-order valence-corrected chi connectivity index (χ4v) is 4.74. The van der Waals surface area contributed by atoms with Crippen molar-refractivity contribution in [3.05, 3.63) is 54.1 Å². The third-order valence-corrected chi connectivity index (χ3v) is 6.99. The van der Waals surface area contributed by atoms with Gasteiger partial charge >= 0.3 is 0 Å². The van der Waals surface area contributed by atoms with Crippen molar-refractivity contribution < 1.29 is 28.2 Å². The predicted octanol–water partition coefficient (Wildman–Crippen LogP) is 1.69. The Hall–Kier alpha value is -2.62. The number of rotatable bonds is 7. The van der Waals surface area contributed by atoms with Crippen molar-refractivity contribution in [2.24, 2.45) is 0 Å². The van der Waals surface area contributed by atoms with E-state index in [1.54, 1.807) is 41.3 Å². The first-order chi connectivity index (χ1) is 14.3. The molecule has 1 saturated heterocycles. The Bertz CT molecular complexity index is 986. The van der Waals surface area contributed by atoms with Gasteiger partial charge in [0, 0.05) is 45.6 Å². The molecule has 0 aliphatic carbocycles. The fraction of sp³-hybridized carbons (Fsp3) is 0.381. The molecule has 0 aromatic heterocycles. The molecule has 2 N–H and O–H groups in total. The molecule has 3 rings (SSSR count). The van der Waals surface area contributed by atoms with Crippen molar-refractivity contribution in [2.75, 3.05) is 33.3 Å². The third kappa shape index (κ3) is 4.92. The molecule has 9 heteroatoms. The molecule has 2 aromatic carbocycles. The summed E-state index contributed by atoms with van der Waals surface area (Å²) in [5.74, 6) is 0.356. The molecular formula is C21H26N2O6S. The molecule has 1 heterocycles. The van der Waals surface area contributed by atoms with Crippen LogP contribution in [0.5, 0.6) is 11.5 Å². The number of hydrogen-bond donors (Lipinski definition) is 2. The van der Waals surface area contributed by atoms with E-state index >= 15 is 0 Å². The first-order valence-electron chi connectivity index (χ1n) is 9.74.